The molecular formula is C12H20N2O2S2. The highest BCUT2D eigenvalue weighted by atomic mass is 32.2. The van der Waals surface area contributed by atoms with E-state index in [1.807, 2.05) is 16.8 Å². The Balaban J connectivity index is 1.92. The van der Waals surface area contributed by atoms with E-state index in [1.165, 1.54) is 4.31 Å². The van der Waals surface area contributed by atoms with Gasteiger partial charge in [0.1, 0.15) is 0 Å². The molecular weight excluding hydrogens is 268 g/mol. The predicted octanol–water partition coefficient (Wildman–Crippen LogP) is 1.65. The molecule has 1 fully saturated rings. The van der Waals surface area contributed by atoms with E-state index in [0.717, 1.165) is 31.4 Å². The molecule has 2 rings (SSSR count). The molecule has 1 saturated heterocycles. The SMILES string of the molecule is CN(Cc1ccsc1)S(=O)(=O)CC1CCCCN1. The Morgan fingerprint density at radius 1 is 1.50 bits per heavy atom. The van der Waals surface area contributed by atoms with E-state index >= 15 is 0 Å². The number of nitrogens with one attached hydrogen (secondary N) is 1. The number of hydrogen-bond donors (Lipinski definition) is 1. The second-order valence-corrected chi connectivity index (χ2v) is 7.71. The molecule has 1 aliphatic rings. The van der Waals surface area contributed by atoms with Crippen molar-refractivity contribution in [3.63, 3.8) is 0 Å². The Morgan fingerprint density at radius 2 is 2.33 bits per heavy atom. The molecule has 4 nitrogen and oxygen atoms in total. The van der Waals surface area contributed by atoms with Crippen LogP contribution in [0.5, 0.6) is 0 Å². The van der Waals surface area contributed by atoms with E-state index in [4.69, 9.17) is 0 Å². The molecule has 1 aromatic rings. The van der Waals surface area contributed by atoms with Gasteiger partial charge in [-0.05, 0) is 41.8 Å². The zero-order chi connectivity index (χ0) is 13.0. The molecule has 102 valence electrons. The van der Waals surface area contributed by atoms with Crippen LogP contribution in [0.3, 0.4) is 0 Å². The zero-order valence-electron chi connectivity index (χ0n) is 10.6. The molecule has 0 aromatic carbocycles. The van der Waals surface area contributed by atoms with Gasteiger partial charge in [0.2, 0.25) is 10.0 Å². The Hall–Kier alpha value is -0.430. The first-order valence-corrected chi connectivity index (χ1v) is 8.81. The van der Waals surface area contributed by atoms with Gasteiger partial charge in [0.05, 0.1) is 5.75 Å². The fraction of sp³-hybridized carbons (Fsp3) is 0.667. The fourth-order valence-electron chi connectivity index (χ4n) is 2.19. The van der Waals surface area contributed by atoms with Gasteiger partial charge in [-0.15, -0.1) is 0 Å². The first kappa shape index (κ1) is 14.0. The first-order valence-electron chi connectivity index (χ1n) is 6.26. The van der Waals surface area contributed by atoms with Crippen LogP contribution in [0.4, 0.5) is 0 Å². The summed E-state index contributed by atoms with van der Waals surface area (Å²) in [6.45, 7) is 1.41. The van der Waals surface area contributed by atoms with Gasteiger partial charge in [0.25, 0.3) is 0 Å². The van der Waals surface area contributed by atoms with Crippen LogP contribution < -0.4 is 5.32 Å². The van der Waals surface area contributed by atoms with Crippen molar-refractivity contribution in [2.45, 2.75) is 31.8 Å². The topological polar surface area (TPSA) is 49.4 Å². The molecule has 2 heterocycles. The van der Waals surface area contributed by atoms with Crippen molar-refractivity contribution in [3.05, 3.63) is 22.4 Å². The molecule has 1 aliphatic heterocycles. The van der Waals surface area contributed by atoms with E-state index in [-0.39, 0.29) is 11.8 Å². The minimum absolute atomic E-state index is 0.119. The lowest BCUT2D eigenvalue weighted by molar-refractivity contribution is 0.408. The standard InChI is InChI=1S/C12H20N2O2S2/c1-14(8-11-5-7-17-9-11)18(15,16)10-12-4-2-3-6-13-12/h5,7,9,12-13H,2-4,6,8,10H2,1H3. The van der Waals surface area contributed by atoms with Crippen molar-refractivity contribution >= 4 is 21.4 Å². The van der Waals surface area contributed by atoms with E-state index < -0.39 is 10.0 Å². The number of thiophene rings is 1. The van der Waals surface area contributed by atoms with E-state index in [1.54, 1.807) is 18.4 Å². The van der Waals surface area contributed by atoms with E-state index in [2.05, 4.69) is 5.32 Å². The minimum atomic E-state index is -3.16. The Morgan fingerprint density at radius 3 is 2.94 bits per heavy atom. The lowest BCUT2D eigenvalue weighted by atomic mass is 10.1. The third-order valence-electron chi connectivity index (χ3n) is 3.28. The van der Waals surface area contributed by atoms with E-state index in [9.17, 15) is 8.42 Å². The average Bonchev–Trinajstić information content (AvgIpc) is 2.82. The summed E-state index contributed by atoms with van der Waals surface area (Å²) in [5.74, 6) is 0.216. The number of rotatable bonds is 5. The van der Waals surface area contributed by atoms with Crippen LogP contribution >= 0.6 is 11.3 Å². The summed E-state index contributed by atoms with van der Waals surface area (Å²) < 4.78 is 25.9. The summed E-state index contributed by atoms with van der Waals surface area (Å²) in [6, 6.07) is 2.09. The van der Waals surface area contributed by atoms with Crippen LogP contribution in [0, 0.1) is 0 Å². The van der Waals surface area contributed by atoms with Crippen molar-refractivity contribution in [3.8, 4) is 0 Å². The highest BCUT2D eigenvalue weighted by Crippen LogP contribution is 2.14. The van der Waals surface area contributed by atoms with E-state index in [0.29, 0.717) is 6.54 Å². The maximum atomic E-state index is 12.2. The van der Waals surface area contributed by atoms with Gasteiger partial charge >= 0.3 is 0 Å². The second-order valence-electron chi connectivity index (χ2n) is 4.81. The zero-order valence-corrected chi connectivity index (χ0v) is 12.3. The summed E-state index contributed by atoms with van der Waals surface area (Å²) in [5.41, 5.74) is 1.06. The summed E-state index contributed by atoms with van der Waals surface area (Å²) in [5, 5.41) is 7.25. The molecule has 0 radical (unpaired) electrons. The Bertz CT molecular complexity index is 450. The third-order valence-corrected chi connectivity index (χ3v) is 5.92. The number of sulfonamides is 1. The molecule has 1 N–H and O–H groups in total. The molecule has 0 spiro atoms. The van der Waals surface area contributed by atoms with Crippen LogP contribution in [-0.4, -0.2) is 38.1 Å². The largest absolute Gasteiger partial charge is 0.313 e. The molecule has 6 heteroatoms. The van der Waals surface area contributed by atoms with Crippen molar-refractivity contribution in [1.82, 2.24) is 9.62 Å². The molecule has 18 heavy (non-hydrogen) atoms. The maximum Gasteiger partial charge on any atom is 0.215 e. The molecule has 1 unspecified atom stereocenters. The highest BCUT2D eigenvalue weighted by Gasteiger charge is 2.24. The average molecular weight is 288 g/mol. The van der Waals surface area contributed by atoms with Crippen molar-refractivity contribution in [2.75, 3.05) is 19.3 Å². The van der Waals surface area contributed by atoms with Crippen LogP contribution in [0.25, 0.3) is 0 Å². The number of hydrogen-bond acceptors (Lipinski definition) is 4. The summed E-state index contributed by atoms with van der Waals surface area (Å²) >= 11 is 1.59. The normalized spacial score (nSPS) is 21.3. The number of nitrogens with zero attached hydrogens (tertiary/aromatic N) is 1. The molecule has 0 saturated carbocycles. The second kappa shape index (κ2) is 6.14. The third kappa shape index (κ3) is 3.78. The lowest BCUT2D eigenvalue weighted by Crippen LogP contribution is -2.42. The van der Waals surface area contributed by atoms with Gasteiger partial charge in [-0.1, -0.05) is 6.42 Å². The lowest BCUT2D eigenvalue weighted by Gasteiger charge is -2.25. The van der Waals surface area contributed by atoms with Gasteiger partial charge in [-0.3, -0.25) is 0 Å². The Kier molecular flexibility index (Phi) is 4.77. The van der Waals surface area contributed by atoms with Crippen molar-refractivity contribution in [1.29, 1.82) is 0 Å². The van der Waals surface area contributed by atoms with Crippen LogP contribution in [0.15, 0.2) is 16.8 Å². The summed E-state index contributed by atoms with van der Waals surface area (Å²) in [7, 11) is -1.50. The van der Waals surface area contributed by atoms with Gasteiger partial charge in [0.15, 0.2) is 0 Å². The van der Waals surface area contributed by atoms with Crippen LogP contribution in [-0.2, 0) is 16.6 Å². The molecule has 1 aromatic heterocycles. The molecule has 0 amide bonds. The highest BCUT2D eigenvalue weighted by molar-refractivity contribution is 7.89. The maximum absolute atomic E-state index is 12.2. The molecule has 0 aliphatic carbocycles. The molecule has 0 bridgehead atoms. The fourth-order valence-corrected chi connectivity index (χ4v) is 4.24. The predicted molar refractivity (Wildman–Crippen MR) is 75.2 cm³/mol. The van der Waals surface area contributed by atoms with Gasteiger partial charge in [-0.2, -0.15) is 11.3 Å². The van der Waals surface area contributed by atoms with Crippen molar-refractivity contribution in [2.24, 2.45) is 0 Å². The van der Waals surface area contributed by atoms with Gasteiger partial charge < -0.3 is 5.32 Å². The van der Waals surface area contributed by atoms with Crippen LogP contribution in [0.1, 0.15) is 24.8 Å². The minimum Gasteiger partial charge on any atom is -0.313 e. The number of piperidine rings is 1. The van der Waals surface area contributed by atoms with Crippen molar-refractivity contribution < 1.29 is 8.42 Å². The van der Waals surface area contributed by atoms with Gasteiger partial charge in [-0.25, -0.2) is 12.7 Å². The van der Waals surface area contributed by atoms with Gasteiger partial charge in [0, 0.05) is 19.6 Å². The summed E-state index contributed by atoms with van der Waals surface area (Å²) in [4.78, 5) is 0. The smallest absolute Gasteiger partial charge is 0.215 e. The summed E-state index contributed by atoms with van der Waals surface area (Å²) in [6.07, 6.45) is 3.24. The van der Waals surface area contributed by atoms with Crippen LogP contribution in [0.2, 0.25) is 0 Å². The monoisotopic (exact) mass is 288 g/mol. The quantitative estimate of drug-likeness (QED) is 0.896. The molecule has 1 atom stereocenters. The first-order chi connectivity index (χ1) is 8.58. The Labute approximate surface area is 113 Å².